The van der Waals surface area contributed by atoms with Crippen LogP contribution in [0.1, 0.15) is 0 Å². The fraction of sp³-hybridized carbons (Fsp3) is 0. The lowest BCUT2D eigenvalue weighted by atomic mass is 9.99. The number of rotatable bonds is 4. The Morgan fingerprint density at radius 3 is 1.82 bits per heavy atom. The highest BCUT2D eigenvalue weighted by atomic mass is 32.1. The summed E-state index contributed by atoms with van der Waals surface area (Å²) >= 11 is 1.82. The first kappa shape index (κ1) is 28.2. The van der Waals surface area contributed by atoms with E-state index < -0.39 is 0 Å². The highest BCUT2D eigenvalue weighted by Crippen LogP contribution is 2.45. The third-order valence-corrected chi connectivity index (χ3v) is 11.0. The van der Waals surface area contributed by atoms with Crippen molar-refractivity contribution in [3.8, 4) is 45.3 Å². The number of aromatic nitrogens is 3. The van der Waals surface area contributed by atoms with Gasteiger partial charge in [-0.05, 0) is 24.3 Å². The van der Waals surface area contributed by atoms with E-state index >= 15 is 0 Å². The first-order chi connectivity index (χ1) is 25.3. The molecule has 11 aromatic rings. The molecular formula is C45H25N3O2S. The Hall–Kier alpha value is -6.63. The van der Waals surface area contributed by atoms with Crippen molar-refractivity contribution in [2.75, 3.05) is 0 Å². The topological polar surface area (TPSA) is 65.0 Å². The molecule has 0 fully saturated rings. The van der Waals surface area contributed by atoms with Gasteiger partial charge in [0, 0.05) is 64.0 Å². The molecule has 0 aliphatic heterocycles. The van der Waals surface area contributed by atoms with Gasteiger partial charge in [0.05, 0.1) is 5.56 Å². The van der Waals surface area contributed by atoms with Gasteiger partial charge in [0.1, 0.15) is 22.3 Å². The molecule has 11 rings (SSSR count). The average molecular weight is 672 g/mol. The smallest absolute Gasteiger partial charge is 0.167 e. The summed E-state index contributed by atoms with van der Waals surface area (Å²) in [6.45, 7) is 0. The van der Waals surface area contributed by atoms with Gasteiger partial charge in [-0.3, -0.25) is 0 Å². The molecule has 0 aliphatic rings. The van der Waals surface area contributed by atoms with Gasteiger partial charge in [0.25, 0.3) is 0 Å². The van der Waals surface area contributed by atoms with E-state index in [0.717, 1.165) is 71.7 Å². The van der Waals surface area contributed by atoms with E-state index in [2.05, 4.69) is 78.9 Å². The third kappa shape index (κ3) is 4.30. The Balaban J connectivity index is 1.16. The van der Waals surface area contributed by atoms with E-state index in [4.69, 9.17) is 23.8 Å². The molecule has 6 heteroatoms. The minimum Gasteiger partial charge on any atom is -0.455 e. The summed E-state index contributed by atoms with van der Waals surface area (Å²) in [5.41, 5.74) is 8.01. The molecule has 7 aromatic carbocycles. The summed E-state index contributed by atoms with van der Waals surface area (Å²) in [5.74, 6) is 1.70. The van der Waals surface area contributed by atoms with Gasteiger partial charge in [0.2, 0.25) is 0 Å². The van der Waals surface area contributed by atoms with Crippen LogP contribution in [-0.2, 0) is 0 Å². The van der Waals surface area contributed by atoms with Gasteiger partial charge in [-0.15, -0.1) is 11.3 Å². The molecule has 0 atom stereocenters. The van der Waals surface area contributed by atoms with Crippen LogP contribution in [0.15, 0.2) is 160 Å². The van der Waals surface area contributed by atoms with Gasteiger partial charge in [-0.2, -0.15) is 0 Å². The lowest BCUT2D eigenvalue weighted by molar-refractivity contribution is 0.669. The Bertz CT molecular complexity index is 3160. The standard InChI is InChI=1S/C45H25N3O2S/c1-2-12-26(13-3-1)43-46-44(48-45(47-43)35-22-9-16-29-27-14-4-6-23-36(27)49-41(29)35)34-21-11-24-37-39(34)33-20-8-17-30(40(33)50-37)32-19-10-18-31-28-15-5-7-25-38(28)51-42(31)32/h1-25H. The number of fused-ring (bicyclic) bond motifs is 9. The van der Waals surface area contributed by atoms with Gasteiger partial charge < -0.3 is 8.83 Å². The molecule has 0 amide bonds. The zero-order valence-corrected chi connectivity index (χ0v) is 27.8. The fourth-order valence-corrected chi connectivity index (χ4v) is 8.69. The van der Waals surface area contributed by atoms with Crippen molar-refractivity contribution < 1.29 is 8.83 Å². The minimum absolute atomic E-state index is 0.547. The number of thiophene rings is 1. The number of nitrogens with zero attached hydrogens (tertiary/aromatic N) is 3. The van der Waals surface area contributed by atoms with Crippen LogP contribution in [0.2, 0.25) is 0 Å². The number of benzene rings is 7. The largest absolute Gasteiger partial charge is 0.455 e. The zero-order valence-electron chi connectivity index (χ0n) is 27.0. The normalized spacial score (nSPS) is 11.9. The number of furan rings is 2. The van der Waals surface area contributed by atoms with E-state index in [9.17, 15) is 0 Å². The van der Waals surface area contributed by atoms with E-state index in [1.807, 2.05) is 84.1 Å². The van der Waals surface area contributed by atoms with Crippen LogP contribution in [-0.4, -0.2) is 15.0 Å². The zero-order chi connectivity index (χ0) is 33.5. The van der Waals surface area contributed by atoms with Crippen LogP contribution in [0.5, 0.6) is 0 Å². The Labute approximate surface area is 295 Å². The molecule has 0 unspecified atom stereocenters. The molecule has 5 nitrogen and oxygen atoms in total. The van der Waals surface area contributed by atoms with Gasteiger partial charge in [-0.25, -0.2) is 15.0 Å². The van der Waals surface area contributed by atoms with Crippen molar-refractivity contribution >= 4 is 75.4 Å². The summed E-state index contributed by atoms with van der Waals surface area (Å²) in [7, 11) is 0. The average Bonchev–Trinajstić information content (AvgIpc) is 3.89. The third-order valence-electron chi connectivity index (χ3n) is 9.77. The van der Waals surface area contributed by atoms with Crippen molar-refractivity contribution in [1.82, 2.24) is 15.0 Å². The number of hydrogen-bond donors (Lipinski definition) is 0. The highest BCUT2D eigenvalue weighted by molar-refractivity contribution is 7.26. The maximum absolute atomic E-state index is 6.76. The second-order valence-electron chi connectivity index (χ2n) is 12.7. The molecule has 4 aromatic heterocycles. The Morgan fingerprint density at radius 2 is 0.941 bits per heavy atom. The summed E-state index contributed by atoms with van der Waals surface area (Å²) in [6, 6.07) is 52.0. The molecule has 238 valence electrons. The van der Waals surface area contributed by atoms with E-state index in [1.54, 1.807) is 0 Å². The Morgan fingerprint density at radius 1 is 0.373 bits per heavy atom. The summed E-state index contributed by atoms with van der Waals surface area (Å²) in [5, 5.41) is 6.60. The lowest BCUT2D eigenvalue weighted by Crippen LogP contribution is -2.00. The Kier molecular flexibility index (Phi) is 6.05. The van der Waals surface area contributed by atoms with Crippen LogP contribution in [0, 0.1) is 0 Å². The first-order valence-electron chi connectivity index (χ1n) is 16.9. The second-order valence-corrected chi connectivity index (χ2v) is 13.7. The molecule has 0 radical (unpaired) electrons. The summed E-state index contributed by atoms with van der Waals surface area (Å²) < 4.78 is 15.7. The minimum atomic E-state index is 0.547. The molecule has 0 N–H and O–H groups in total. The monoisotopic (exact) mass is 671 g/mol. The molecule has 0 saturated carbocycles. The number of hydrogen-bond acceptors (Lipinski definition) is 6. The first-order valence-corrected chi connectivity index (χ1v) is 17.7. The predicted octanol–water partition coefficient (Wildman–Crippen LogP) is 12.7. The van der Waals surface area contributed by atoms with Gasteiger partial charge in [-0.1, -0.05) is 127 Å². The van der Waals surface area contributed by atoms with Crippen LogP contribution >= 0.6 is 11.3 Å². The van der Waals surface area contributed by atoms with E-state index in [-0.39, 0.29) is 0 Å². The molecular weight excluding hydrogens is 647 g/mol. The van der Waals surface area contributed by atoms with E-state index in [0.29, 0.717) is 17.5 Å². The van der Waals surface area contributed by atoms with Crippen LogP contribution < -0.4 is 0 Å². The van der Waals surface area contributed by atoms with Crippen molar-refractivity contribution in [2.45, 2.75) is 0 Å². The van der Waals surface area contributed by atoms with Crippen molar-refractivity contribution in [3.05, 3.63) is 152 Å². The molecule has 0 saturated heterocycles. The molecule has 0 aliphatic carbocycles. The maximum Gasteiger partial charge on any atom is 0.167 e. The van der Waals surface area contributed by atoms with Crippen LogP contribution in [0.3, 0.4) is 0 Å². The molecule has 4 heterocycles. The maximum atomic E-state index is 6.76. The second kappa shape index (κ2) is 10.9. The molecule has 0 spiro atoms. The number of para-hydroxylation sites is 3. The van der Waals surface area contributed by atoms with E-state index in [1.165, 1.54) is 20.2 Å². The lowest BCUT2D eigenvalue weighted by Gasteiger charge is -2.09. The predicted molar refractivity (Wildman–Crippen MR) is 209 cm³/mol. The van der Waals surface area contributed by atoms with Crippen LogP contribution in [0.25, 0.3) is 109 Å². The fourth-order valence-electron chi connectivity index (χ4n) is 7.46. The molecule has 0 bridgehead atoms. The van der Waals surface area contributed by atoms with Crippen molar-refractivity contribution in [1.29, 1.82) is 0 Å². The van der Waals surface area contributed by atoms with Crippen molar-refractivity contribution in [2.24, 2.45) is 0 Å². The summed E-state index contributed by atoms with van der Waals surface area (Å²) in [6.07, 6.45) is 0. The van der Waals surface area contributed by atoms with Gasteiger partial charge in [0.15, 0.2) is 17.5 Å². The highest BCUT2D eigenvalue weighted by Gasteiger charge is 2.22. The summed E-state index contributed by atoms with van der Waals surface area (Å²) in [4.78, 5) is 15.3. The molecule has 51 heavy (non-hydrogen) atoms. The van der Waals surface area contributed by atoms with Gasteiger partial charge >= 0.3 is 0 Å². The van der Waals surface area contributed by atoms with Crippen LogP contribution in [0.4, 0.5) is 0 Å². The van der Waals surface area contributed by atoms with Crippen molar-refractivity contribution in [3.63, 3.8) is 0 Å². The SMILES string of the molecule is c1ccc(-c2nc(-c3cccc4c3oc3ccccc34)nc(-c3cccc4oc5c(-c6cccc7c6sc6ccccc67)cccc5c34)n2)cc1. The quantitative estimate of drug-likeness (QED) is 0.186.